The van der Waals surface area contributed by atoms with Crippen molar-refractivity contribution in [1.82, 2.24) is 0 Å². The lowest BCUT2D eigenvalue weighted by Gasteiger charge is -2.27. The van der Waals surface area contributed by atoms with Crippen LogP contribution in [0.5, 0.6) is 0 Å². The highest BCUT2D eigenvalue weighted by atomic mass is 16.1. The molecule has 1 amide bonds. The third-order valence-electron chi connectivity index (χ3n) is 4.18. The first-order valence-electron chi connectivity index (χ1n) is 7.66. The van der Waals surface area contributed by atoms with Crippen LogP contribution in [0.4, 0.5) is 11.4 Å². The smallest absolute Gasteiger partial charge is 0.221 e. The Morgan fingerprint density at radius 2 is 2.15 bits per heavy atom. The van der Waals surface area contributed by atoms with Crippen molar-refractivity contribution in [2.45, 2.75) is 46.5 Å². The summed E-state index contributed by atoms with van der Waals surface area (Å²) < 4.78 is 0. The molecular formula is C17H26N2O. The molecule has 0 radical (unpaired) electrons. The molecule has 2 atom stereocenters. The van der Waals surface area contributed by atoms with E-state index in [4.69, 9.17) is 0 Å². The van der Waals surface area contributed by atoms with Crippen molar-refractivity contribution < 1.29 is 4.79 Å². The summed E-state index contributed by atoms with van der Waals surface area (Å²) in [7, 11) is 0. The number of anilines is 2. The van der Waals surface area contributed by atoms with Crippen LogP contribution in [0.2, 0.25) is 0 Å². The van der Waals surface area contributed by atoms with Gasteiger partial charge in [0, 0.05) is 24.8 Å². The fourth-order valence-corrected chi connectivity index (χ4v) is 3.11. The lowest BCUT2D eigenvalue weighted by Crippen LogP contribution is -2.21. The molecule has 110 valence electrons. The average Bonchev–Trinajstić information content (AvgIpc) is 2.39. The van der Waals surface area contributed by atoms with Crippen LogP contribution >= 0.6 is 0 Å². The van der Waals surface area contributed by atoms with E-state index >= 15 is 0 Å². The summed E-state index contributed by atoms with van der Waals surface area (Å²) in [5.74, 6) is 1.65. The molecule has 0 bridgehead atoms. The molecule has 1 aliphatic rings. The minimum atomic E-state index is -0.0231. The number of nitrogens with one attached hydrogen (secondary N) is 2. The van der Waals surface area contributed by atoms with Crippen molar-refractivity contribution in [3.05, 3.63) is 23.8 Å². The maximum absolute atomic E-state index is 11.1. The number of rotatable bonds is 4. The van der Waals surface area contributed by atoms with Crippen LogP contribution in [0.15, 0.2) is 18.2 Å². The SMILES string of the molecule is CC(=O)Nc1ccc(NCC2CCCC(C)C2)cc1C. The molecule has 2 N–H and O–H groups in total. The second-order valence-corrected chi connectivity index (χ2v) is 6.23. The first kappa shape index (κ1) is 14.9. The minimum Gasteiger partial charge on any atom is -0.385 e. The van der Waals surface area contributed by atoms with Crippen LogP contribution in [-0.2, 0) is 4.79 Å². The molecule has 1 fully saturated rings. The van der Waals surface area contributed by atoms with Crippen LogP contribution in [0.3, 0.4) is 0 Å². The second-order valence-electron chi connectivity index (χ2n) is 6.23. The highest BCUT2D eigenvalue weighted by Gasteiger charge is 2.18. The summed E-state index contributed by atoms with van der Waals surface area (Å²) in [6.07, 6.45) is 5.45. The molecule has 1 aromatic carbocycles. The second kappa shape index (κ2) is 6.78. The van der Waals surface area contributed by atoms with E-state index in [2.05, 4.69) is 23.6 Å². The molecule has 20 heavy (non-hydrogen) atoms. The van der Waals surface area contributed by atoms with Crippen molar-refractivity contribution in [2.75, 3.05) is 17.2 Å². The van der Waals surface area contributed by atoms with Gasteiger partial charge in [-0.15, -0.1) is 0 Å². The van der Waals surface area contributed by atoms with Crippen molar-refractivity contribution in [3.8, 4) is 0 Å². The molecule has 1 aromatic rings. The van der Waals surface area contributed by atoms with Gasteiger partial charge in [0.25, 0.3) is 0 Å². The summed E-state index contributed by atoms with van der Waals surface area (Å²) in [6, 6.07) is 6.13. The zero-order valence-corrected chi connectivity index (χ0v) is 12.8. The van der Waals surface area contributed by atoms with Crippen LogP contribution in [0.1, 0.15) is 45.1 Å². The number of hydrogen-bond donors (Lipinski definition) is 2. The molecule has 2 rings (SSSR count). The Morgan fingerprint density at radius 1 is 1.35 bits per heavy atom. The Bertz CT molecular complexity index is 470. The van der Waals surface area contributed by atoms with Crippen LogP contribution in [0.25, 0.3) is 0 Å². The Hall–Kier alpha value is -1.51. The fourth-order valence-electron chi connectivity index (χ4n) is 3.11. The molecule has 3 nitrogen and oxygen atoms in total. The van der Waals surface area contributed by atoms with Crippen molar-refractivity contribution >= 4 is 17.3 Å². The number of benzene rings is 1. The largest absolute Gasteiger partial charge is 0.385 e. The first-order valence-corrected chi connectivity index (χ1v) is 7.66. The normalized spacial score (nSPS) is 22.4. The number of amides is 1. The zero-order valence-electron chi connectivity index (χ0n) is 12.8. The van der Waals surface area contributed by atoms with Gasteiger partial charge in [-0.1, -0.05) is 19.8 Å². The molecule has 1 saturated carbocycles. The van der Waals surface area contributed by atoms with E-state index in [1.165, 1.54) is 32.6 Å². The topological polar surface area (TPSA) is 41.1 Å². The van der Waals surface area contributed by atoms with Crippen LogP contribution in [0, 0.1) is 18.8 Å². The standard InChI is InChI=1S/C17H26N2O/c1-12-5-4-6-15(9-12)11-18-16-7-8-17(13(2)10-16)19-14(3)20/h7-8,10,12,15,18H,4-6,9,11H2,1-3H3,(H,19,20). The maximum Gasteiger partial charge on any atom is 0.221 e. The fraction of sp³-hybridized carbons (Fsp3) is 0.588. The minimum absolute atomic E-state index is 0.0231. The molecule has 0 spiro atoms. The lowest BCUT2D eigenvalue weighted by molar-refractivity contribution is -0.114. The van der Waals surface area contributed by atoms with E-state index in [-0.39, 0.29) is 5.91 Å². The molecular weight excluding hydrogens is 248 g/mol. The van der Waals surface area contributed by atoms with Crippen LogP contribution in [-0.4, -0.2) is 12.5 Å². The number of aryl methyl sites for hydroxylation is 1. The van der Waals surface area contributed by atoms with Gasteiger partial charge in [-0.3, -0.25) is 4.79 Å². The number of hydrogen-bond acceptors (Lipinski definition) is 2. The predicted octanol–water partition coefficient (Wildman–Crippen LogP) is 4.19. The molecule has 0 aliphatic heterocycles. The van der Waals surface area contributed by atoms with E-state index in [1.807, 2.05) is 19.1 Å². The van der Waals surface area contributed by atoms with E-state index in [0.717, 1.165) is 35.3 Å². The summed E-state index contributed by atoms with van der Waals surface area (Å²) in [5.41, 5.74) is 3.14. The molecule has 0 aromatic heterocycles. The van der Waals surface area contributed by atoms with Crippen LogP contribution < -0.4 is 10.6 Å². The zero-order chi connectivity index (χ0) is 14.5. The molecule has 1 aliphatic carbocycles. The van der Waals surface area contributed by atoms with E-state index in [9.17, 15) is 4.79 Å². The van der Waals surface area contributed by atoms with Crippen molar-refractivity contribution in [2.24, 2.45) is 11.8 Å². The van der Waals surface area contributed by atoms with Gasteiger partial charge in [-0.25, -0.2) is 0 Å². The summed E-state index contributed by atoms with van der Waals surface area (Å²) in [4.78, 5) is 11.1. The quantitative estimate of drug-likeness (QED) is 0.864. The summed E-state index contributed by atoms with van der Waals surface area (Å²) in [5, 5.41) is 6.39. The predicted molar refractivity (Wildman–Crippen MR) is 85.1 cm³/mol. The maximum atomic E-state index is 11.1. The van der Waals surface area contributed by atoms with Gasteiger partial charge < -0.3 is 10.6 Å². The average molecular weight is 274 g/mol. The molecule has 2 unspecified atom stereocenters. The monoisotopic (exact) mass is 274 g/mol. The molecule has 0 heterocycles. The van der Waals surface area contributed by atoms with Gasteiger partial charge in [0.15, 0.2) is 0 Å². The van der Waals surface area contributed by atoms with E-state index < -0.39 is 0 Å². The Kier molecular flexibility index (Phi) is 5.05. The molecule has 0 saturated heterocycles. The number of carbonyl (C=O) groups excluding carboxylic acids is 1. The van der Waals surface area contributed by atoms with E-state index in [0.29, 0.717) is 0 Å². The van der Waals surface area contributed by atoms with Gasteiger partial charge in [0.05, 0.1) is 0 Å². The lowest BCUT2D eigenvalue weighted by atomic mass is 9.82. The third-order valence-corrected chi connectivity index (χ3v) is 4.18. The van der Waals surface area contributed by atoms with Gasteiger partial charge in [-0.05, 0) is 55.4 Å². The van der Waals surface area contributed by atoms with Gasteiger partial charge in [-0.2, -0.15) is 0 Å². The highest BCUT2D eigenvalue weighted by molar-refractivity contribution is 5.89. The number of carbonyl (C=O) groups is 1. The third kappa shape index (κ3) is 4.26. The summed E-state index contributed by atoms with van der Waals surface area (Å²) >= 11 is 0. The Morgan fingerprint density at radius 3 is 2.80 bits per heavy atom. The van der Waals surface area contributed by atoms with Crippen molar-refractivity contribution in [3.63, 3.8) is 0 Å². The van der Waals surface area contributed by atoms with Crippen molar-refractivity contribution in [1.29, 1.82) is 0 Å². The van der Waals surface area contributed by atoms with Gasteiger partial charge in [0.1, 0.15) is 0 Å². The molecule has 3 heteroatoms. The van der Waals surface area contributed by atoms with Gasteiger partial charge >= 0.3 is 0 Å². The summed E-state index contributed by atoms with van der Waals surface area (Å²) in [6.45, 7) is 6.98. The first-order chi connectivity index (χ1) is 9.54. The Labute approximate surface area is 122 Å². The van der Waals surface area contributed by atoms with Gasteiger partial charge in [0.2, 0.25) is 5.91 Å². The Balaban J connectivity index is 1.90. The van der Waals surface area contributed by atoms with E-state index in [1.54, 1.807) is 0 Å². The highest BCUT2D eigenvalue weighted by Crippen LogP contribution is 2.29.